The lowest BCUT2D eigenvalue weighted by Gasteiger charge is -2.01. The monoisotopic (exact) mass is 250 g/mol. The van der Waals surface area contributed by atoms with Crippen LogP contribution in [0.4, 0.5) is 5.82 Å². The molecule has 0 saturated carbocycles. The number of primary amides is 1. The SMILES string of the molecule is NC(=O)CCn1ccc(NCc2ccsc2)n1. The highest BCUT2D eigenvalue weighted by molar-refractivity contribution is 7.07. The number of carbonyl (C=O) groups is 1. The summed E-state index contributed by atoms with van der Waals surface area (Å²) in [5.74, 6) is 0.494. The van der Waals surface area contributed by atoms with E-state index in [1.165, 1.54) is 5.56 Å². The Balaban J connectivity index is 1.83. The van der Waals surface area contributed by atoms with Crippen LogP contribution in [-0.4, -0.2) is 15.7 Å². The lowest BCUT2D eigenvalue weighted by atomic mass is 10.3. The van der Waals surface area contributed by atoms with Gasteiger partial charge in [0, 0.05) is 31.8 Å². The summed E-state index contributed by atoms with van der Waals surface area (Å²) in [5, 5.41) is 11.6. The summed E-state index contributed by atoms with van der Waals surface area (Å²) >= 11 is 1.67. The molecule has 0 aromatic carbocycles. The molecule has 2 heterocycles. The van der Waals surface area contributed by atoms with E-state index in [1.807, 2.05) is 17.6 Å². The minimum Gasteiger partial charge on any atom is -0.370 e. The molecule has 5 nitrogen and oxygen atoms in total. The molecule has 0 bridgehead atoms. The molecule has 2 rings (SSSR count). The van der Waals surface area contributed by atoms with E-state index in [-0.39, 0.29) is 5.91 Å². The number of rotatable bonds is 6. The maximum absolute atomic E-state index is 10.6. The third-order valence-corrected chi connectivity index (χ3v) is 3.01. The van der Waals surface area contributed by atoms with Gasteiger partial charge in [0.1, 0.15) is 5.82 Å². The molecular weight excluding hydrogens is 236 g/mol. The van der Waals surface area contributed by atoms with Crippen LogP contribution in [0.2, 0.25) is 0 Å². The highest BCUT2D eigenvalue weighted by Crippen LogP contribution is 2.09. The number of aryl methyl sites for hydroxylation is 1. The number of hydrogen-bond donors (Lipinski definition) is 2. The highest BCUT2D eigenvalue weighted by atomic mass is 32.1. The lowest BCUT2D eigenvalue weighted by Crippen LogP contribution is -2.14. The summed E-state index contributed by atoms with van der Waals surface area (Å²) in [6.45, 7) is 1.28. The summed E-state index contributed by atoms with van der Waals surface area (Å²) in [5.41, 5.74) is 6.31. The third-order valence-electron chi connectivity index (χ3n) is 2.28. The van der Waals surface area contributed by atoms with Crippen molar-refractivity contribution in [2.45, 2.75) is 19.5 Å². The fourth-order valence-electron chi connectivity index (χ4n) is 1.39. The second-order valence-electron chi connectivity index (χ2n) is 3.67. The molecule has 0 aliphatic rings. The molecule has 0 radical (unpaired) electrons. The van der Waals surface area contributed by atoms with E-state index in [9.17, 15) is 4.79 Å². The summed E-state index contributed by atoms with van der Waals surface area (Å²) in [7, 11) is 0. The molecule has 0 saturated heterocycles. The molecule has 3 N–H and O–H groups in total. The quantitative estimate of drug-likeness (QED) is 0.814. The van der Waals surface area contributed by atoms with Crippen molar-refractivity contribution >= 4 is 23.1 Å². The number of nitrogens with one attached hydrogen (secondary N) is 1. The van der Waals surface area contributed by atoms with Crippen LogP contribution in [-0.2, 0) is 17.9 Å². The predicted molar refractivity (Wildman–Crippen MR) is 67.7 cm³/mol. The minimum absolute atomic E-state index is 0.311. The van der Waals surface area contributed by atoms with Gasteiger partial charge in [0.05, 0.1) is 0 Å². The highest BCUT2D eigenvalue weighted by Gasteiger charge is 2.00. The van der Waals surface area contributed by atoms with Crippen molar-refractivity contribution in [3.63, 3.8) is 0 Å². The van der Waals surface area contributed by atoms with Crippen molar-refractivity contribution in [2.75, 3.05) is 5.32 Å². The van der Waals surface area contributed by atoms with Gasteiger partial charge in [-0.05, 0) is 22.4 Å². The Morgan fingerprint density at radius 3 is 3.12 bits per heavy atom. The number of nitrogens with zero attached hydrogens (tertiary/aromatic N) is 2. The molecule has 0 aliphatic carbocycles. The number of aromatic nitrogens is 2. The molecule has 6 heteroatoms. The molecule has 0 aliphatic heterocycles. The van der Waals surface area contributed by atoms with Gasteiger partial charge >= 0.3 is 0 Å². The first-order valence-electron chi connectivity index (χ1n) is 5.31. The average Bonchev–Trinajstić information content (AvgIpc) is 2.95. The van der Waals surface area contributed by atoms with Gasteiger partial charge in [-0.15, -0.1) is 0 Å². The first-order valence-corrected chi connectivity index (χ1v) is 6.25. The van der Waals surface area contributed by atoms with Gasteiger partial charge < -0.3 is 11.1 Å². The first-order chi connectivity index (χ1) is 8.24. The topological polar surface area (TPSA) is 72.9 Å². The Hall–Kier alpha value is -1.82. The zero-order valence-electron chi connectivity index (χ0n) is 9.30. The number of carbonyl (C=O) groups excluding carboxylic acids is 1. The van der Waals surface area contributed by atoms with Crippen LogP contribution in [0.3, 0.4) is 0 Å². The Morgan fingerprint density at radius 2 is 2.41 bits per heavy atom. The van der Waals surface area contributed by atoms with E-state index in [0.717, 1.165) is 12.4 Å². The van der Waals surface area contributed by atoms with Gasteiger partial charge in [-0.25, -0.2) is 0 Å². The minimum atomic E-state index is -0.312. The van der Waals surface area contributed by atoms with E-state index >= 15 is 0 Å². The van der Waals surface area contributed by atoms with Gasteiger partial charge in [0.25, 0.3) is 0 Å². The maximum Gasteiger partial charge on any atom is 0.219 e. The second kappa shape index (κ2) is 5.49. The van der Waals surface area contributed by atoms with E-state index in [1.54, 1.807) is 16.0 Å². The largest absolute Gasteiger partial charge is 0.370 e. The lowest BCUT2D eigenvalue weighted by molar-refractivity contribution is -0.118. The van der Waals surface area contributed by atoms with Gasteiger partial charge in [0.15, 0.2) is 0 Å². The van der Waals surface area contributed by atoms with Gasteiger partial charge in [-0.2, -0.15) is 16.4 Å². The van der Waals surface area contributed by atoms with Crippen LogP contribution in [0.5, 0.6) is 0 Å². The maximum atomic E-state index is 10.6. The van der Waals surface area contributed by atoms with Crippen LogP contribution in [0.15, 0.2) is 29.1 Å². The van der Waals surface area contributed by atoms with Crippen molar-refractivity contribution in [1.82, 2.24) is 9.78 Å². The van der Waals surface area contributed by atoms with Crippen LogP contribution in [0, 0.1) is 0 Å². The molecular formula is C11H14N4OS. The van der Waals surface area contributed by atoms with Crippen LogP contribution in [0.25, 0.3) is 0 Å². The normalized spacial score (nSPS) is 10.4. The zero-order valence-corrected chi connectivity index (χ0v) is 10.1. The first kappa shape index (κ1) is 11.7. The van der Waals surface area contributed by atoms with Crippen LogP contribution >= 0.6 is 11.3 Å². The molecule has 0 fully saturated rings. The van der Waals surface area contributed by atoms with Crippen molar-refractivity contribution in [2.24, 2.45) is 5.73 Å². The molecule has 0 unspecified atom stereocenters. The second-order valence-corrected chi connectivity index (χ2v) is 4.45. The van der Waals surface area contributed by atoms with E-state index < -0.39 is 0 Å². The molecule has 90 valence electrons. The molecule has 2 aromatic rings. The average molecular weight is 250 g/mol. The predicted octanol–water partition coefficient (Wildman–Crippen LogP) is 1.43. The summed E-state index contributed by atoms with van der Waals surface area (Å²) in [6, 6.07) is 3.95. The van der Waals surface area contributed by atoms with Gasteiger partial charge in [-0.3, -0.25) is 9.48 Å². The van der Waals surface area contributed by atoms with E-state index in [0.29, 0.717) is 13.0 Å². The summed E-state index contributed by atoms with van der Waals surface area (Å²) in [6.07, 6.45) is 2.14. The fraction of sp³-hybridized carbons (Fsp3) is 0.273. The Morgan fingerprint density at radius 1 is 1.53 bits per heavy atom. The molecule has 0 atom stereocenters. The number of nitrogens with two attached hydrogens (primary N) is 1. The van der Waals surface area contributed by atoms with E-state index in [2.05, 4.69) is 21.9 Å². The Bertz CT molecular complexity index is 477. The Kier molecular flexibility index (Phi) is 3.77. The van der Waals surface area contributed by atoms with Crippen molar-refractivity contribution < 1.29 is 4.79 Å². The summed E-state index contributed by atoms with van der Waals surface area (Å²) in [4.78, 5) is 10.6. The number of amides is 1. The van der Waals surface area contributed by atoms with Gasteiger partial charge in [0.2, 0.25) is 5.91 Å². The molecule has 2 aromatic heterocycles. The molecule has 0 spiro atoms. The number of thiophene rings is 1. The van der Waals surface area contributed by atoms with Crippen LogP contribution < -0.4 is 11.1 Å². The van der Waals surface area contributed by atoms with Crippen molar-refractivity contribution in [3.05, 3.63) is 34.7 Å². The third kappa shape index (κ3) is 3.60. The van der Waals surface area contributed by atoms with Gasteiger partial charge in [-0.1, -0.05) is 0 Å². The number of hydrogen-bond acceptors (Lipinski definition) is 4. The molecule has 1 amide bonds. The van der Waals surface area contributed by atoms with Crippen LogP contribution in [0.1, 0.15) is 12.0 Å². The standard InChI is InChI=1S/C11H14N4OS/c12-10(16)1-4-15-5-2-11(14-15)13-7-9-3-6-17-8-9/h2-3,5-6,8H,1,4,7H2,(H2,12,16)(H,13,14). The van der Waals surface area contributed by atoms with Crippen molar-refractivity contribution in [1.29, 1.82) is 0 Å². The summed E-state index contributed by atoms with van der Waals surface area (Å²) < 4.78 is 1.71. The van der Waals surface area contributed by atoms with Crippen molar-refractivity contribution in [3.8, 4) is 0 Å². The number of anilines is 1. The molecule has 17 heavy (non-hydrogen) atoms. The Labute approximate surface area is 103 Å². The van der Waals surface area contributed by atoms with E-state index in [4.69, 9.17) is 5.73 Å². The fourth-order valence-corrected chi connectivity index (χ4v) is 2.06. The smallest absolute Gasteiger partial charge is 0.219 e. The zero-order chi connectivity index (χ0) is 12.1.